The van der Waals surface area contributed by atoms with E-state index < -0.39 is 0 Å². The summed E-state index contributed by atoms with van der Waals surface area (Å²) < 4.78 is 0. The molecule has 0 atom stereocenters. The lowest BCUT2D eigenvalue weighted by atomic mass is 10.2. The number of nitrogens with one attached hydrogen (secondary N) is 2. The Bertz CT molecular complexity index is 608. The third-order valence-corrected chi connectivity index (χ3v) is 3.51. The molecular weight excluding hydrogens is 286 g/mol. The smallest absolute Gasteiger partial charge is 0.319 e. The summed E-state index contributed by atoms with van der Waals surface area (Å²) in [7, 11) is 0. The van der Waals surface area contributed by atoms with Gasteiger partial charge in [-0.3, -0.25) is 0 Å². The van der Waals surface area contributed by atoms with E-state index in [4.69, 9.17) is 0 Å². The maximum absolute atomic E-state index is 11.7. The minimum absolute atomic E-state index is 0.121. The lowest BCUT2D eigenvalue weighted by molar-refractivity contribution is 0.250. The molecule has 4 nitrogen and oxygen atoms in total. The third-order valence-electron chi connectivity index (χ3n) is 3.51. The Kier molecular flexibility index (Phi) is 6.03. The van der Waals surface area contributed by atoms with Gasteiger partial charge in [0, 0.05) is 30.5 Å². The van der Waals surface area contributed by atoms with Gasteiger partial charge >= 0.3 is 6.03 Å². The molecule has 0 aliphatic rings. The fourth-order valence-corrected chi connectivity index (χ4v) is 2.37. The van der Waals surface area contributed by atoms with Crippen LogP contribution in [0.2, 0.25) is 0 Å². The van der Waals surface area contributed by atoms with Crippen molar-refractivity contribution in [3.8, 4) is 0 Å². The summed E-state index contributed by atoms with van der Waals surface area (Å²) >= 11 is 0. The average Bonchev–Trinajstić information content (AvgIpc) is 2.53. The van der Waals surface area contributed by atoms with E-state index in [1.54, 1.807) is 0 Å². The lowest BCUT2D eigenvalue weighted by Gasteiger charge is -2.23. The molecule has 0 saturated heterocycles. The van der Waals surface area contributed by atoms with Gasteiger partial charge in [0.05, 0.1) is 0 Å². The summed E-state index contributed by atoms with van der Waals surface area (Å²) in [6, 6.07) is 18.3. The van der Waals surface area contributed by atoms with Crippen molar-refractivity contribution in [3.63, 3.8) is 0 Å². The van der Waals surface area contributed by atoms with Crippen LogP contribution in [0.5, 0.6) is 0 Å². The average molecular weight is 311 g/mol. The van der Waals surface area contributed by atoms with E-state index in [-0.39, 0.29) is 12.1 Å². The van der Waals surface area contributed by atoms with Crippen molar-refractivity contribution >= 4 is 17.4 Å². The molecule has 2 rings (SSSR count). The van der Waals surface area contributed by atoms with E-state index in [9.17, 15) is 4.79 Å². The number of anilines is 2. The highest BCUT2D eigenvalue weighted by Crippen LogP contribution is 2.20. The van der Waals surface area contributed by atoms with Crippen LogP contribution in [-0.2, 0) is 6.54 Å². The van der Waals surface area contributed by atoms with E-state index in [0.717, 1.165) is 24.5 Å². The second-order valence-electron chi connectivity index (χ2n) is 5.80. The van der Waals surface area contributed by atoms with Crippen LogP contribution in [-0.4, -0.2) is 18.6 Å². The number of hydrogen-bond donors (Lipinski definition) is 2. The van der Waals surface area contributed by atoms with Crippen molar-refractivity contribution in [2.75, 3.05) is 16.8 Å². The summed E-state index contributed by atoms with van der Waals surface area (Å²) in [6.07, 6.45) is 0. The molecule has 122 valence electrons. The Labute approximate surface area is 138 Å². The molecule has 0 heterocycles. The van der Waals surface area contributed by atoms with Crippen LogP contribution >= 0.6 is 0 Å². The molecule has 0 spiro atoms. The summed E-state index contributed by atoms with van der Waals surface area (Å²) in [6.45, 7) is 7.81. The fourth-order valence-electron chi connectivity index (χ4n) is 2.37. The van der Waals surface area contributed by atoms with Gasteiger partial charge in [-0.05, 0) is 50.6 Å². The maximum atomic E-state index is 11.7. The largest absolute Gasteiger partial charge is 0.367 e. The zero-order chi connectivity index (χ0) is 16.7. The monoisotopic (exact) mass is 311 g/mol. The topological polar surface area (TPSA) is 44.4 Å². The Morgan fingerprint density at radius 1 is 1.04 bits per heavy atom. The number of rotatable bonds is 6. The van der Waals surface area contributed by atoms with Crippen molar-refractivity contribution in [2.45, 2.75) is 33.4 Å². The summed E-state index contributed by atoms with van der Waals surface area (Å²) in [5.41, 5.74) is 3.22. The standard InChI is InChI=1S/C19H25N3O/c1-4-22(14-16-8-6-5-7-9-16)18-12-10-17(11-13-18)21-19(23)20-15(2)3/h5-13,15H,4,14H2,1-3H3,(H2,20,21,23). The van der Waals surface area contributed by atoms with Crippen LogP contribution in [0.3, 0.4) is 0 Å². The molecule has 0 bridgehead atoms. The fraction of sp³-hybridized carbons (Fsp3) is 0.316. The van der Waals surface area contributed by atoms with Crippen molar-refractivity contribution in [2.24, 2.45) is 0 Å². The number of nitrogens with zero attached hydrogens (tertiary/aromatic N) is 1. The van der Waals surface area contributed by atoms with Crippen molar-refractivity contribution in [1.82, 2.24) is 5.32 Å². The van der Waals surface area contributed by atoms with Crippen molar-refractivity contribution in [1.29, 1.82) is 0 Å². The van der Waals surface area contributed by atoms with E-state index in [1.165, 1.54) is 5.56 Å². The van der Waals surface area contributed by atoms with Gasteiger partial charge in [-0.15, -0.1) is 0 Å². The third kappa shape index (κ3) is 5.33. The number of amides is 2. The van der Waals surface area contributed by atoms with E-state index in [0.29, 0.717) is 0 Å². The first-order valence-electron chi connectivity index (χ1n) is 8.05. The van der Waals surface area contributed by atoms with Crippen LogP contribution < -0.4 is 15.5 Å². The minimum Gasteiger partial charge on any atom is -0.367 e. The van der Waals surface area contributed by atoms with Crippen LogP contribution in [0.15, 0.2) is 54.6 Å². The highest BCUT2D eigenvalue weighted by atomic mass is 16.2. The van der Waals surface area contributed by atoms with Gasteiger partial charge in [0.2, 0.25) is 0 Å². The van der Waals surface area contributed by atoms with Crippen LogP contribution in [0, 0.1) is 0 Å². The molecular formula is C19H25N3O. The number of urea groups is 1. The number of hydrogen-bond acceptors (Lipinski definition) is 2. The van der Waals surface area contributed by atoms with Crippen molar-refractivity contribution in [3.05, 3.63) is 60.2 Å². The van der Waals surface area contributed by atoms with Gasteiger partial charge in [0.15, 0.2) is 0 Å². The van der Waals surface area contributed by atoms with Crippen LogP contribution in [0.4, 0.5) is 16.2 Å². The predicted molar refractivity (Wildman–Crippen MR) is 96.9 cm³/mol. The highest BCUT2D eigenvalue weighted by molar-refractivity contribution is 5.89. The SMILES string of the molecule is CCN(Cc1ccccc1)c1ccc(NC(=O)NC(C)C)cc1. The van der Waals surface area contributed by atoms with Gasteiger partial charge in [-0.25, -0.2) is 4.79 Å². The number of carbonyl (C=O) groups excluding carboxylic acids is 1. The second kappa shape index (κ2) is 8.22. The van der Waals surface area contributed by atoms with Gasteiger partial charge in [-0.2, -0.15) is 0 Å². The number of benzene rings is 2. The van der Waals surface area contributed by atoms with Gasteiger partial charge < -0.3 is 15.5 Å². The predicted octanol–water partition coefficient (Wildman–Crippen LogP) is 4.24. The number of carbonyl (C=O) groups is 1. The molecule has 0 aliphatic heterocycles. The zero-order valence-corrected chi connectivity index (χ0v) is 14.0. The molecule has 2 aromatic carbocycles. The molecule has 2 amide bonds. The van der Waals surface area contributed by atoms with E-state index >= 15 is 0 Å². The maximum Gasteiger partial charge on any atom is 0.319 e. The van der Waals surface area contributed by atoms with Gasteiger partial charge in [0.25, 0.3) is 0 Å². The zero-order valence-electron chi connectivity index (χ0n) is 14.0. The molecule has 23 heavy (non-hydrogen) atoms. The van der Waals surface area contributed by atoms with E-state index in [1.807, 2.05) is 44.2 Å². The first kappa shape index (κ1) is 16.9. The van der Waals surface area contributed by atoms with E-state index in [2.05, 4.69) is 46.7 Å². The summed E-state index contributed by atoms with van der Waals surface area (Å²) in [4.78, 5) is 14.0. The Morgan fingerprint density at radius 3 is 2.26 bits per heavy atom. The Balaban J connectivity index is 2.01. The molecule has 2 N–H and O–H groups in total. The molecule has 2 aromatic rings. The van der Waals surface area contributed by atoms with Gasteiger partial charge in [-0.1, -0.05) is 30.3 Å². The summed E-state index contributed by atoms with van der Waals surface area (Å²) in [5, 5.41) is 5.65. The lowest BCUT2D eigenvalue weighted by Crippen LogP contribution is -2.34. The molecule has 0 saturated carbocycles. The van der Waals surface area contributed by atoms with Gasteiger partial charge in [0.1, 0.15) is 0 Å². The first-order valence-corrected chi connectivity index (χ1v) is 8.05. The van der Waals surface area contributed by atoms with Crippen LogP contribution in [0.25, 0.3) is 0 Å². The molecule has 0 unspecified atom stereocenters. The minimum atomic E-state index is -0.176. The Morgan fingerprint density at radius 2 is 1.70 bits per heavy atom. The quantitative estimate of drug-likeness (QED) is 0.838. The summed E-state index contributed by atoms with van der Waals surface area (Å²) in [5.74, 6) is 0. The molecule has 0 fully saturated rings. The second-order valence-corrected chi connectivity index (χ2v) is 5.80. The first-order chi connectivity index (χ1) is 11.1. The molecule has 0 aromatic heterocycles. The normalized spacial score (nSPS) is 10.4. The van der Waals surface area contributed by atoms with Crippen molar-refractivity contribution < 1.29 is 4.79 Å². The molecule has 0 aliphatic carbocycles. The highest BCUT2D eigenvalue weighted by Gasteiger charge is 2.07. The van der Waals surface area contributed by atoms with Crippen LogP contribution in [0.1, 0.15) is 26.3 Å². The molecule has 0 radical (unpaired) electrons. The Hall–Kier alpha value is -2.49. The molecule has 4 heteroatoms.